The number of aromatic nitrogens is 1. The highest BCUT2D eigenvalue weighted by atomic mass is 16.7. The Morgan fingerprint density at radius 2 is 2.00 bits per heavy atom. The van der Waals surface area contributed by atoms with E-state index in [9.17, 15) is 4.79 Å². The number of ether oxygens (including phenoxy) is 2. The normalized spacial score (nSPS) is 12.2. The maximum atomic E-state index is 12.1. The monoisotopic (exact) mass is 271 g/mol. The van der Waals surface area contributed by atoms with E-state index >= 15 is 0 Å². The third-order valence-electron chi connectivity index (χ3n) is 2.93. The summed E-state index contributed by atoms with van der Waals surface area (Å²) in [6.07, 6.45) is 3.19. The van der Waals surface area contributed by atoms with Crippen LogP contribution in [0.5, 0.6) is 11.5 Å². The number of carbonyl (C=O) groups is 1. The number of hydrogen-bond donors (Lipinski definition) is 2. The fourth-order valence-corrected chi connectivity index (χ4v) is 1.94. The molecule has 2 heterocycles. The largest absolute Gasteiger partial charge is 0.454 e. The van der Waals surface area contributed by atoms with Crippen molar-refractivity contribution in [3.8, 4) is 11.5 Å². The number of nitrogens with zero attached hydrogens (tertiary/aromatic N) is 1. The standard InChI is InChI=1S/C14H13N3O3/c1-8-2-9(6-16-5-8)14(18)17-11-4-13-12(3-10(11)15)19-7-20-13/h2-6H,7,15H2,1H3,(H,17,18). The molecular formula is C14H13N3O3. The minimum Gasteiger partial charge on any atom is -0.454 e. The molecule has 3 rings (SSSR count). The van der Waals surface area contributed by atoms with Gasteiger partial charge in [-0.25, -0.2) is 0 Å². The summed E-state index contributed by atoms with van der Waals surface area (Å²) in [6, 6.07) is 5.04. The van der Waals surface area contributed by atoms with Gasteiger partial charge in [0.05, 0.1) is 16.9 Å². The number of fused-ring (bicyclic) bond motifs is 1. The van der Waals surface area contributed by atoms with Gasteiger partial charge >= 0.3 is 0 Å². The van der Waals surface area contributed by atoms with Gasteiger partial charge in [-0.3, -0.25) is 9.78 Å². The van der Waals surface area contributed by atoms with Gasteiger partial charge in [0, 0.05) is 24.5 Å². The van der Waals surface area contributed by atoms with E-state index in [2.05, 4.69) is 10.3 Å². The lowest BCUT2D eigenvalue weighted by Crippen LogP contribution is -2.13. The van der Waals surface area contributed by atoms with Crippen LogP contribution in [0.2, 0.25) is 0 Å². The molecule has 0 saturated carbocycles. The summed E-state index contributed by atoms with van der Waals surface area (Å²) in [4.78, 5) is 16.1. The molecule has 0 bridgehead atoms. The minimum absolute atomic E-state index is 0.161. The molecule has 0 saturated heterocycles. The molecule has 102 valence electrons. The molecule has 6 nitrogen and oxygen atoms in total. The summed E-state index contributed by atoms with van der Waals surface area (Å²) in [5.74, 6) is 0.876. The van der Waals surface area contributed by atoms with E-state index in [1.807, 2.05) is 6.92 Å². The van der Waals surface area contributed by atoms with E-state index in [1.165, 1.54) is 6.20 Å². The lowest BCUT2D eigenvalue weighted by Gasteiger charge is -2.09. The first-order chi connectivity index (χ1) is 9.63. The molecule has 0 atom stereocenters. The van der Waals surface area contributed by atoms with Gasteiger partial charge in [0.15, 0.2) is 11.5 Å². The molecule has 0 spiro atoms. The van der Waals surface area contributed by atoms with Gasteiger partial charge in [0.2, 0.25) is 6.79 Å². The van der Waals surface area contributed by atoms with Gasteiger partial charge in [0.25, 0.3) is 5.91 Å². The summed E-state index contributed by atoms with van der Waals surface area (Å²) < 4.78 is 10.5. The smallest absolute Gasteiger partial charge is 0.257 e. The van der Waals surface area contributed by atoms with Crippen LogP contribution in [-0.2, 0) is 0 Å². The molecule has 0 fully saturated rings. The van der Waals surface area contributed by atoms with Crippen LogP contribution in [0.15, 0.2) is 30.6 Å². The van der Waals surface area contributed by atoms with Crippen LogP contribution in [0.25, 0.3) is 0 Å². The fraction of sp³-hybridized carbons (Fsp3) is 0.143. The second-order valence-electron chi connectivity index (χ2n) is 4.50. The first-order valence-corrected chi connectivity index (χ1v) is 6.05. The van der Waals surface area contributed by atoms with Crippen LogP contribution in [-0.4, -0.2) is 17.7 Å². The highest BCUT2D eigenvalue weighted by Gasteiger charge is 2.17. The Morgan fingerprint density at radius 3 is 2.75 bits per heavy atom. The van der Waals surface area contributed by atoms with Crippen molar-refractivity contribution in [3.05, 3.63) is 41.7 Å². The highest BCUT2D eigenvalue weighted by molar-refractivity contribution is 6.05. The van der Waals surface area contributed by atoms with E-state index in [4.69, 9.17) is 15.2 Å². The van der Waals surface area contributed by atoms with E-state index in [0.717, 1.165) is 5.56 Å². The first kappa shape index (κ1) is 12.3. The fourth-order valence-electron chi connectivity index (χ4n) is 1.94. The molecule has 1 aromatic heterocycles. The molecule has 1 aliphatic heterocycles. The summed E-state index contributed by atoms with van der Waals surface area (Å²) in [5, 5.41) is 2.74. The number of pyridine rings is 1. The number of hydrogen-bond acceptors (Lipinski definition) is 5. The maximum absolute atomic E-state index is 12.1. The average molecular weight is 271 g/mol. The van der Waals surface area contributed by atoms with Crippen molar-refractivity contribution in [1.82, 2.24) is 4.98 Å². The minimum atomic E-state index is -0.272. The zero-order valence-electron chi connectivity index (χ0n) is 10.8. The lowest BCUT2D eigenvalue weighted by atomic mass is 10.2. The van der Waals surface area contributed by atoms with Gasteiger partial charge in [-0.1, -0.05) is 0 Å². The van der Waals surface area contributed by atoms with Crippen LogP contribution >= 0.6 is 0 Å². The second-order valence-corrected chi connectivity index (χ2v) is 4.50. The van der Waals surface area contributed by atoms with Crippen LogP contribution in [0.1, 0.15) is 15.9 Å². The molecule has 2 aromatic rings. The maximum Gasteiger partial charge on any atom is 0.257 e. The third-order valence-corrected chi connectivity index (χ3v) is 2.93. The van der Waals surface area contributed by atoms with E-state index in [1.54, 1.807) is 24.4 Å². The molecule has 0 radical (unpaired) electrons. The number of anilines is 2. The number of amides is 1. The summed E-state index contributed by atoms with van der Waals surface area (Å²) in [5.41, 5.74) is 8.18. The molecule has 1 aliphatic rings. The molecule has 20 heavy (non-hydrogen) atoms. The number of carbonyl (C=O) groups excluding carboxylic acids is 1. The third kappa shape index (κ3) is 2.23. The molecule has 1 amide bonds. The molecular weight excluding hydrogens is 258 g/mol. The first-order valence-electron chi connectivity index (χ1n) is 6.05. The van der Waals surface area contributed by atoms with Crippen LogP contribution in [0.4, 0.5) is 11.4 Å². The highest BCUT2D eigenvalue weighted by Crippen LogP contribution is 2.38. The lowest BCUT2D eigenvalue weighted by molar-refractivity contribution is 0.102. The molecule has 1 aromatic carbocycles. The van der Waals surface area contributed by atoms with Gasteiger partial charge < -0.3 is 20.5 Å². The second kappa shape index (κ2) is 4.73. The van der Waals surface area contributed by atoms with Gasteiger partial charge in [-0.15, -0.1) is 0 Å². The quantitative estimate of drug-likeness (QED) is 0.815. The average Bonchev–Trinajstić information content (AvgIpc) is 2.86. The number of benzene rings is 1. The molecule has 0 unspecified atom stereocenters. The van der Waals surface area contributed by atoms with Crippen molar-refractivity contribution in [3.63, 3.8) is 0 Å². The van der Waals surface area contributed by atoms with E-state index in [-0.39, 0.29) is 12.7 Å². The number of nitrogens with two attached hydrogens (primary N) is 1. The summed E-state index contributed by atoms with van der Waals surface area (Å²) in [6.45, 7) is 2.03. The number of rotatable bonds is 2. The number of nitrogens with one attached hydrogen (secondary N) is 1. The van der Waals surface area contributed by atoms with Gasteiger partial charge in [-0.05, 0) is 18.6 Å². The topological polar surface area (TPSA) is 86.5 Å². The number of aryl methyl sites for hydroxylation is 1. The Kier molecular flexibility index (Phi) is 2.90. The molecule has 3 N–H and O–H groups in total. The van der Waals surface area contributed by atoms with Crippen LogP contribution in [0.3, 0.4) is 0 Å². The van der Waals surface area contributed by atoms with Crippen molar-refractivity contribution in [2.75, 3.05) is 17.8 Å². The van der Waals surface area contributed by atoms with E-state index < -0.39 is 0 Å². The van der Waals surface area contributed by atoms with Crippen molar-refractivity contribution in [1.29, 1.82) is 0 Å². The Morgan fingerprint density at radius 1 is 1.25 bits per heavy atom. The Bertz CT molecular complexity index is 685. The van der Waals surface area contributed by atoms with Crippen molar-refractivity contribution in [2.24, 2.45) is 0 Å². The molecule has 6 heteroatoms. The van der Waals surface area contributed by atoms with Gasteiger partial charge in [-0.2, -0.15) is 0 Å². The van der Waals surface area contributed by atoms with Gasteiger partial charge in [0.1, 0.15) is 0 Å². The Hall–Kier alpha value is -2.76. The summed E-state index contributed by atoms with van der Waals surface area (Å²) in [7, 11) is 0. The predicted octanol–water partition coefficient (Wildman–Crippen LogP) is 1.95. The summed E-state index contributed by atoms with van der Waals surface area (Å²) >= 11 is 0. The number of nitrogen functional groups attached to an aromatic ring is 1. The SMILES string of the molecule is Cc1cncc(C(=O)Nc2cc3c(cc2N)OCO3)c1. The Balaban J connectivity index is 1.86. The van der Waals surface area contributed by atoms with Crippen LogP contribution in [0, 0.1) is 6.92 Å². The van der Waals surface area contributed by atoms with Crippen molar-refractivity contribution in [2.45, 2.75) is 6.92 Å². The van der Waals surface area contributed by atoms with Crippen LogP contribution < -0.4 is 20.5 Å². The predicted molar refractivity (Wildman–Crippen MR) is 73.9 cm³/mol. The van der Waals surface area contributed by atoms with Crippen molar-refractivity contribution < 1.29 is 14.3 Å². The molecule has 0 aliphatic carbocycles. The zero-order chi connectivity index (χ0) is 14.1. The van der Waals surface area contributed by atoms with E-state index in [0.29, 0.717) is 28.4 Å². The van der Waals surface area contributed by atoms with Crippen molar-refractivity contribution >= 4 is 17.3 Å². The Labute approximate surface area is 115 Å². The zero-order valence-corrected chi connectivity index (χ0v) is 10.8.